The zero-order valence-electron chi connectivity index (χ0n) is 19.6. The molecule has 4 aromatic rings. The number of hydrogen-bond donors (Lipinski definition) is 0. The van der Waals surface area contributed by atoms with Gasteiger partial charge in [0.05, 0.1) is 11.6 Å². The molecule has 0 spiro atoms. The Labute approximate surface area is 210 Å². The number of ketones is 2. The van der Waals surface area contributed by atoms with Crippen molar-refractivity contribution in [2.75, 3.05) is 0 Å². The lowest BCUT2D eigenvalue weighted by Gasteiger charge is -2.20. The molecule has 1 atom stereocenters. The Balaban J connectivity index is 1.52. The van der Waals surface area contributed by atoms with Crippen LogP contribution >= 0.6 is 0 Å². The second-order valence-corrected chi connectivity index (χ2v) is 8.52. The molecule has 174 valence electrons. The van der Waals surface area contributed by atoms with Crippen molar-refractivity contribution in [2.45, 2.75) is 5.92 Å². The van der Waals surface area contributed by atoms with Crippen molar-refractivity contribution < 1.29 is 9.59 Å². The van der Waals surface area contributed by atoms with Crippen LogP contribution in [-0.4, -0.2) is 23.5 Å². The monoisotopic (exact) mass is 468 g/mol. The lowest BCUT2D eigenvalue weighted by molar-refractivity contribution is -0.120. The van der Waals surface area contributed by atoms with Gasteiger partial charge in [0.15, 0.2) is 11.6 Å². The molecule has 0 unspecified atom stereocenters. The summed E-state index contributed by atoms with van der Waals surface area (Å²) in [5.74, 6) is -2.06. The van der Waals surface area contributed by atoms with E-state index in [1.807, 2.05) is 109 Å². The van der Waals surface area contributed by atoms with Gasteiger partial charge in [-0.25, -0.2) is 0 Å². The van der Waals surface area contributed by atoms with Gasteiger partial charge in [-0.05, 0) is 22.8 Å². The third-order valence-corrected chi connectivity index (χ3v) is 6.25. The Kier molecular flexibility index (Phi) is 6.86. The summed E-state index contributed by atoms with van der Waals surface area (Å²) in [6, 6.07) is 36.2. The topological polar surface area (TPSA) is 58.9 Å². The molecule has 4 nitrogen and oxygen atoms in total. The van der Waals surface area contributed by atoms with Gasteiger partial charge in [0.25, 0.3) is 0 Å². The van der Waals surface area contributed by atoms with Gasteiger partial charge in [0, 0.05) is 17.3 Å². The maximum atomic E-state index is 14.1. The van der Waals surface area contributed by atoms with Crippen LogP contribution in [0.3, 0.4) is 0 Å². The highest BCUT2D eigenvalue weighted by Crippen LogP contribution is 2.35. The van der Waals surface area contributed by atoms with Gasteiger partial charge in [-0.2, -0.15) is 10.2 Å². The largest absolute Gasteiger partial charge is 0.297 e. The van der Waals surface area contributed by atoms with Crippen molar-refractivity contribution in [1.82, 2.24) is 0 Å². The number of nitrogens with zero attached hydrogens (tertiary/aromatic N) is 2. The van der Waals surface area contributed by atoms with E-state index in [2.05, 4.69) is 10.2 Å². The number of rotatable bonds is 7. The summed E-state index contributed by atoms with van der Waals surface area (Å²) < 4.78 is 0. The predicted molar refractivity (Wildman–Crippen MR) is 145 cm³/mol. The van der Waals surface area contributed by atoms with Crippen molar-refractivity contribution in [2.24, 2.45) is 16.1 Å². The molecule has 0 saturated carbocycles. The van der Waals surface area contributed by atoms with Gasteiger partial charge in [-0.1, -0.05) is 121 Å². The van der Waals surface area contributed by atoms with Crippen LogP contribution in [0.1, 0.15) is 38.5 Å². The molecule has 0 N–H and O–H groups in total. The highest BCUT2D eigenvalue weighted by atomic mass is 16.2. The Morgan fingerprint density at radius 2 is 1.22 bits per heavy atom. The Hall–Kier alpha value is -4.70. The second kappa shape index (κ2) is 10.7. The molecule has 4 heteroatoms. The van der Waals surface area contributed by atoms with Gasteiger partial charge >= 0.3 is 0 Å². The lowest BCUT2D eigenvalue weighted by atomic mass is 9.80. The number of benzene rings is 4. The fraction of sp³-hybridized carbons (Fsp3) is 0.0625. The minimum atomic E-state index is -1.02. The van der Waals surface area contributed by atoms with Crippen molar-refractivity contribution >= 4 is 29.6 Å². The number of carbonyl (C=O) groups is 2. The van der Waals surface area contributed by atoms with Crippen molar-refractivity contribution in [3.05, 3.63) is 149 Å². The van der Waals surface area contributed by atoms with Crippen LogP contribution in [0, 0.1) is 5.92 Å². The molecule has 0 aliphatic heterocycles. The van der Waals surface area contributed by atoms with Crippen LogP contribution in [0.5, 0.6) is 0 Å². The van der Waals surface area contributed by atoms with Crippen LogP contribution < -0.4 is 0 Å². The van der Waals surface area contributed by atoms with E-state index in [-0.39, 0.29) is 11.6 Å². The Morgan fingerprint density at radius 1 is 0.694 bits per heavy atom. The van der Waals surface area contributed by atoms with E-state index in [1.165, 1.54) is 0 Å². The van der Waals surface area contributed by atoms with Crippen molar-refractivity contribution in [1.29, 1.82) is 0 Å². The maximum absolute atomic E-state index is 14.1. The van der Waals surface area contributed by atoms with E-state index in [1.54, 1.807) is 24.4 Å². The summed E-state index contributed by atoms with van der Waals surface area (Å²) >= 11 is 0. The van der Waals surface area contributed by atoms with E-state index >= 15 is 0 Å². The quantitative estimate of drug-likeness (QED) is 0.179. The molecule has 0 aromatic heterocycles. The zero-order valence-corrected chi connectivity index (χ0v) is 19.6. The zero-order chi connectivity index (χ0) is 24.7. The van der Waals surface area contributed by atoms with Crippen LogP contribution in [0.4, 0.5) is 0 Å². The first-order valence-electron chi connectivity index (χ1n) is 11.8. The first-order chi connectivity index (χ1) is 17.7. The fourth-order valence-corrected chi connectivity index (χ4v) is 4.56. The van der Waals surface area contributed by atoms with Gasteiger partial charge in [-0.3, -0.25) is 9.59 Å². The first kappa shape index (κ1) is 23.1. The van der Waals surface area contributed by atoms with E-state index < -0.39 is 11.8 Å². The van der Waals surface area contributed by atoms with E-state index in [0.29, 0.717) is 16.8 Å². The highest BCUT2D eigenvalue weighted by Gasteiger charge is 2.44. The standard InChI is InChI=1S/C32H24N2O2/c35-31-27-21-11-10-20-26(27)30(34-33-22-12-15-23-13-4-1-5-14-23)29(31)32(36)28(24-16-6-2-7-17-24)25-18-8-3-9-19-25/h1-22,28-29H/b15-12+,33-22-,34-30-/t29-/m1/s1. The molecule has 4 aromatic carbocycles. The fourth-order valence-electron chi connectivity index (χ4n) is 4.56. The third kappa shape index (κ3) is 4.75. The van der Waals surface area contributed by atoms with E-state index in [0.717, 1.165) is 16.7 Å². The van der Waals surface area contributed by atoms with Crippen LogP contribution in [0.25, 0.3) is 6.08 Å². The number of hydrogen-bond acceptors (Lipinski definition) is 4. The molecular weight excluding hydrogens is 444 g/mol. The molecule has 0 saturated heterocycles. The first-order valence-corrected chi connectivity index (χ1v) is 11.8. The summed E-state index contributed by atoms with van der Waals surface area (Å²) in [5, 5.41) is 8.62. The number of Topliss-reactive ketones (excluding diaryl/α,β-unsaturated/α-hetero) is 2. The summed E-state index contributed by atoms with van der Waals surface area (Å²) in [7, 11) is 0. The lowest BCUT2D eigenvalue weighted by Crippen LogP contribution is -2.31. The van der Waals surface area contributed by atoms with Gasteiger partial charge in [0.1, 0.15) is 5.92 Å². The van der Waals surface area contributed by atoms with Crippen molar-refractivity contribution in [3.63, 3.8) is 0 Å². The summed E-state index contributed by atoms with van der Waals surface area (Å²) in [6.07, 6.45) is 5.27. The smallest absolute Gasteiger partial charge is 0.180 e. The molecule has 1 aliphatic carbocycles. The minimum absolute atomic E-state index is 0.206. The van der Waals surface area contributed by atoms with E-state index in [9.17, 15) is 9.59 Å². The van der Waals surface area contributed by atoms with Gasteiger partial charge < -0.3 is 0 Å². The highest BCUT2D eigenvalue weighted by molar-refractivity contribution is 6.38. The third-order valence-electron chi connectivity index (χ3n) is 6.25. The predicted octanol–water partition coefficient (Wildman–Crippen LogP) is 6.39. The molecule has 0 radical (unpaired) electrons. The van der Waals surface area contributed by atoms with Crippen molar-refractivity contribution in [3.8, 4) is 0 Å². The Morgan fingerprint density at radius 3 is 1.83 bits per heavy atom. The number of allylic oxidation sites excluding steroid dienone is 1. The molecule has 0 bridgehead atoms. The average Bonchev–Trinajstić information content (AvgIpc) is 3.22. The molecule has 0 fully saturated rings. The Bertz CT molecular complexity index is 1420. The molecule has 36 heavy (non-hydrogen) atoms. The molecule has 1 aliphatic rings. The SMILES string of the molecule is O=C1c2ccccc2/C(=N/N=C\C=C\c2ccccc2)[C@H]1C(=O)C(c1ccccc1)c1ccccc1. The minimum Gasteiger partial charge on any atom is -0.297 e. The summed E-state index contributed by atoms with van der Waals surface area (Å²) in [4.78, 5) is 27.7. The summed E-state index contributed by atoms with van der Waals surface area (Å²) in [5.41, 5.74) is 4.27. The van der Waals surface area contributed by atoms with Gasteiger partial charge in [-0.15, -0.1) is 0 Å². The summed E-state index contributed by atoms with van der Waals surface area (Å²) in [6.45, 7) is 0. The number of fused-ring (bicyclic) bond motifs is 1. The van der Waals surface area contributed by atoms with Crippen LogP contribution in [-0.2, 0) is 4.79 Å². The molecule has 0 amide bonds. The number of carbonyl (C=O) groups excluding carboxylic acids is 2. The van der Waals surface area contributed by atoms with Crippen LogP contribution in [0.2, 0.25) is 0 Å². The van der Waals surface area contributed by atoms with Gasteiger partial charge in [0.2, 0.25) is 0 Å². The normalized spacial score (nSPS) is 16.3. The van der Waals surface area contributed by atoms with Crippen LogP contribution in [0.15, 0.2) is 132 Å². The van der Waals surface area contributed by atoms with E-state index in [4.69, 9.17) is 0 Å². The maximum Gasteiger partial charge on any atom is 0.180 e. The molecular formula is C32H24N2O2. The molecule has 0 heterocycles. The molecule has 5 rings (SSSR count). The second-order valence-electron chi connectivity index (χ2n) is 8.52. The average molecular weight is 469 g/mol.